The first-order valence-electron chi connectivity index (χ1n) is 4.69. The average Bonchev–Trinajstić information content (AvgIpc) is 2.18. The highest BCUT2D eigenvalue weighted by atomic mass is 15.3. The smallest absolute Gasteiger partial charge is 0.192 e. The van der Waals surface area contributed by atoms with E-state index in [0.717, 1.165) is 5.69 Å². The molecule has 1 aromatic rings. The molecular formula is C11H20N4. The van der Waals surface area contributed by atoms with Gasteiger partial charge in [0.1, 0.15) is 0 Å². The Morgan fingerprint density at radius 3 is 1.53 bits per heavy atom. The molecule has 15 heavy (non-hydrogen) atoms. The van der Waals surface area contributed by atoms with Gasteiger partial charge in [-0.2, -0.15) is 0 Å². The maximum absolute atomic E-state index is 7.25. The maximum atomic E-state index is 7.25. The molecule has 0 saturated heterocycles. The number of nitrogens with two attached hydrogens (primary N) is 1. The van der Waals surface area contributed by atoms with Gasteiger partial charge in [0.25, 0.3) is 0 Å². The van der Waals surface area contributed by atoms with E-state index < -0.39 is 0 Å². The average molecular weight is 208 g/mol. The summed E-state index contributed by atoms with van der Waals surface area (Å²) in [5.41, 5.74) is 6.18. The van der Waals surface area contributed by atoms with Crippen molar-refractivity contribution >= 4 is 11.6 Å². The molecule has 0 spiro atoms. The molecular weight excluding hydrogens is 188 g/mol. The van der Waals surface area contributed by atoms with Crippen molar-refractivity contribution in [3.63, 3.8) is 0 Å². The van der Waals surface area contributed by atoms with Crippen molar-refractivity contribution in [1.82, 2.24) is 9.80 Å². The third-order valence-electron chi connectivity index (χ3n) is 1.65. The molecule has 4 nitrogen and oxygen atoms in total. The molecule has 0 heterocycles. The molecule has 1 aromatic carbocycles. The highest BCUT2D eigenvalue weighted by Gasteiger charge is 1.97. The number of guanidine groups is 1. The maximum Gasteiger partial charge on any atom is 0.192 e. The lowest BCUT2D eigenvalue weighted by Gasteiger charge is -2.19. The Morgan fingerprint density at radius 2 is 1.40 bits per heavy atom. The number of benzene rings is 1. The van der Waals surface area contributed by atoms with Gasteiger partial charge in [-0.1, -0.05) is 18.2 Å². The van der Waals surface area contributed by atoms with Crippen LogP contribution in [0.25, 0.3) is 0 Å². The molecule has 0 aliphatic heterocycles. The summed E-state index contributed by atoms with van der Waals surface area (Å²) in [6.07, 6.45) is 0. The molecule has 0 aromatic heterocycles. The van der Waals surface area contributed by atoms with Crippen LogP contribution in [0.2, 0.25) is 0 Å². The van der Waals surface area contributed by atoms with Crippen LogP contribution < -0.4 is 5.73 Å². The number of nitrogen functional groups attached to an aromatic ring is 1. The molecule has 0 fully saturated rings. The predicted molar refractivity (Wildman–Crippen MR) is 66.0 cm³/mol. The third kappa shape index (κ3) is 6.37. The summed E-state index contributed by atoms with van der Waals surface area (Å²) < 4.78 is 0. The minimum atomic E-state index is 0.519. The molecule has 0 radical (unpaired) electrons. The molecule has 1 rings (SSSR count). The van der Waals surface area contributed by atoms with Crippen molar-refractivity contribution in [3.05, 3.63) is 30.3 Å². The highest BCUT2D eigenvalue weighted by molar-refractivity contribution is 5.75. The van der Waals surface area contributed by atoms with Gasteiger partial charge in [-0.15, -0.1) is 0 Å². The van der Waals surface area contributed by atoms with Gasteiger partial charge in [-0.3, -0.25) is 5.41 Å². The summed E-state index contributed by atoms with van der Waals surface area (Å²) in [5, 5.41) is 7.25. The zero-order valence-electron chi connectivity index (χ0n) is 9.86. The van der Waals surface area contributed by atoms with Gasteiger partial charge in [0, 0.05) is 33.9 Å². The van der Waals surface area contributed by atoms with E-state index in [9.17, 15) is 0 Å². The van der Waals surface area contributed by atoms with Gasteiger partial charge in [0.2, 0.25) is 0 Å². The van der Waals surface area contributed by atoms with Crippen molar-refractivity contribution in [2.45, 2.75) is 0 Å². The van der Waals surface area contributed by atoms with Gasteiger partial charge in [0.15, 0.2) is 5.96 Å². The number of rotatable bonds is 0. The fraction of sp³-hybridized carbons (Fsp3) is 0.364. The molecule has 3 N–H and O–H groups in total. The van der Waals surface area contributed by atoms with Crippen LogP contribution in [0.4, 0.5) is 5.69 Å². The second kappa shape index (κ2) is 6.70. The van der Waals surface area contributed by atoms with E-state index in [2.05, 4.69) is 0 Å². The molecule has 0 aliphatic rings. The van der Waals surface area contributed by atoms with Crippen LogP contribution in [0.5, 0.6) is 0 Å². The van der Waals surface area contributed by atoms with Crippen LogP contribution in [0, 0.1) is 5.41 Å². The fourth-order valence-electron chi connectivity index (χ4n) is 0.853. The lowest BCUT2D eigenvalue weighted by Crippen LogP contribution is -2.34. The minimum absolute atomic E-state index is 0.519. The summed E-state index contributed by atoms with van der Waals surface area (Å²) in [7, 11) is 7.40. The van der Waals surface area contributed by atoms with E-state index in [-0.39, 0.29) is 0 Å². The number of nitrogens with one attached hydrogen (secondary N) is 1. The molecule has 84 valence electrons. The van der Waals surface area contributed by atoms with Gasteiger partial charge in [-0.25, -0.2) is 0 Å². The fourth-order valence-corrected chi connectivity index (χ4v) is 0.853. The van der Waals surface area contributed by atoms with Crippen molar-refractivity contribution < 1.29 is 0 Å². The molecule has 0 atom stereocenters. The second-order valence-corrected chi connectivity index (χ2v) is 3.52. The van der Waals surface area contributed by atoms with Crippen LogP contribution in [0.15, 0.2) is 30.3 Å². The molecule has 0 bridgehead atoms. The first-order chi connectivity index (χ1) is 6.95. The van der Waals surface area contributed by atoms with Gasteiger partial charge in [0.05, 0.1) is 0 Å². The first kappa shape index (κ1) is 13.3. The number of hydrogen-bond acceptors (Lipinski definition) is 2. The normalized spacial score (nSPS) is 8.53. The summed E-state index contributed by atoms with van der Waals surface area (Å²) in [4.78, 5) is 3.50. The largest absolute Gasteiger partial charge is 0.399 e. The Labute approximate surface area is 91.8 Å². The monoisotopic (exact) mass is 208 g/mol. The van der Waals surface area contributed by atoms with Crippen molar-refractivity contribution in [1.29, 1.82) is 5.41 Å². The third-order valence-corrected chi connectivity index (χ3v) is 1.65. The molecule has 0 aliphatic carbocycles. The second-order valence-electron chi connectivity index (χ2n) is 3.52. The van der Waals surface area contributed by atoms with E-state index in [0.29, 0.717) is 5.96 Å². The zero-order chi connectivity index (χ0) is 11.8. The van der Waals surface area contributed by atoms with Crippen LogP contribution in [-0.2, 0) is 0 Å². The summed E-state index contributed by atoms with van der Waals surface area (Å²) in [6, 6.07) is 9.49. The van der Waals surface area contributed by atoms with Gasteiger partial charge >= 0.3 is 0 Å². The van der Waals surface area contributed by atoms with Crippen LogP contribution >= 0.6 is 0 Å². The zero-order valence-corrected chi connectivity index (χ0v) is 9.86. The van der Waals surface area contributed by atoms with E-state index in [1.165, 1.54) is 0 Å². The van der Waals surface area contributed by atoms with Gasteiger partial charge < -0.3 is 15.5 Å². The standard InChI is InChI=1S/C6H7N.C5H13N3/c7-6-4-2-1-3-5-6;1-7(2)5(6)8(3)4/h1-5H,7H2;6H,1-4H3. The van der Waals surface area contributed by atoms with Crippen LogP contribution in [0.3, 0.4) is 0 Å². The Morgan fingerprint density at radius 1 is 1.00 bits per heavy atom. The van der Waals surface area contributed by atoms with Crippen LogP contribution in [0.1, 0.15) is 0 Å². The van der Waals surface area contributed by atoms with Crippen molar-refractivity contribution in [2.24, 2.45) is 0 Å². The Balaban J connectivity index is 0.000000262. The lowest BCUT2D eigenvalue weighted by molar-refractivity contribution is 0.478. The number of hydrogen-bond donors (Lipinski definition) is 2. The van der Waals surface area contributed by atoms with Crippen molar-refractivity contribution in [3.8, 4) is 0 Å². The molecule has 0 saturated carbocycles. The topological polar surface area (TPSA) is 56.4 Å². The Hall–Kier alpha value is -1.71. The van der Waals surface area contributed by atoms with Gasteiger partial charge in [-0.05, 0) is 12.1 Å². The van der Waals surface area contributed by atoms with Crippen molar-refractivity contribution in [2.75, 3.05) is 33.9 Å². The Bertz CT molecular complexity index is 270. The lowest BCUT2D eigenvalue weighted by atomic mass is 10.3. The predicted octanol–water partition coefficient (Wildman–Crippen LogP) is 1.31. The number of nitrogens with zero attached hydrogens (tertiary/aromatic N) is 2. The summed E-state index contributed by atoms with van der Waals surface area (Å²) in [5.74, 6) is 0.519. The Kier molecular flexibility index (Phi) is 5.94. The molecule has 0 amide bonds. The van der Waals surface area contributed by atoms with E-state index in [4.69, 9.17) is 11.1 Å². The molecule has 4 heteroatoms. The summed E-state index contributed by atoms with van der Waals surface area (Å²) in [6.45, 7) is 0. The number of anilines is 1. The summed E-state index contributed by atoms with van der Waals surface area (Å²) >= 11 is 0. The van der Waals surface area contributed by atoms with E-state index in [1.807, 2.05) is 58.5 Å². The SMILES string of the molecule is CN(C)C(=N)N(C)C.Nc1ccccc1. The minimum Gasteiger partial charge on any atom is -0.399 e. The highest BCUT2D eigenvalue weighted by Crippen LogP contribution is 1.95. The number of para-hydroxylation sites is 1. The first-order valence-corrected chi connectivity index (χ1v) is 4.69. The van der Waals surface area contributed by atoms with E-state index >= 15 is 0 Å². The van der Waals surface area contributed by atoms with Crippen LogP contribution in [-0.4, -0.2) is 44.0 Å². The van der Waals surface area contributed by atoms with E-state index in [1.54, 1.807) is 9.80 Å². The molecule has 0 unspecified atom stereocenters. The quantitative estimate of drug-likeness (QED) is 0.384.